The van der Waals surface area contributed by atoms with E-state index in [4.69, 9.17) is 16.4 Å². The molecule has 11 nitrogen and oxygen atoms in total. The first kappa shape index (κ1) is 34.4. The Labute approximate surface area is 287 Å². The van der Waals surface area contributed by atoms with Crippen molar-refractivity contribution in [1.29, 1.82) is 0 Å². The third-order valence-corrected chi connectivity index (χ3v) is 11.3. The first-order valence-electron chi connectivity index (χ1n) is 17.4. The monoisotopic (exact) mass is 681 g/mol. The first-order valence-corrected chi connectivity index (χ1v) is 17.8. The van der Waals surface area contributed by atoms with Crippen LogP contribution in [0.5, 0.6) is 0 Å². The number of rotatable bonds is 11. The van der Waals surface area contributed by atoms with Gasteiger partial charge in [0.2, 0.25) is 23.5 Å². The second-order valence-electron chi connectivity index (χ2n) is 15.9. The third-order valence-electron chi connectivity index (χ3n) is 11.1. The summed E-state index contributed by atoms with van der Waals surface area (Å²) in [7, 11) is 1.38. The van der Waals surface area contributed by atoms with Crippen LogP contribution in [0.4, 0.5) is 0 Å². The minimum atomic E-state index is -1.02. The van der Waals surface area contributed by atoms with Gasteiger partial charge in [-0.05, 0) is 66.9 Å². The number of hydrogen-bond acceptors (Lipinski definition) is 7. The Morgan fingerprint density at radius 2 is 1.85 bits per heavy atom. The van der Waals surface area contributed by atoms with Crippen molar-refractivity contribution in [2.24, 2.45) is 34.2 Å². The normalized spacial score (nSPS) is 28.9. The molecule has 260 valence electrons. The van der Waals surface area contributed by atoms with Crippen LogP contribution in [0.1, 0.15) is 90.5 Å². The number of nitrogens with one attached hydrogen (secondary N) is 3. The number of oxime groups is 1. The molecule has 5 unspecified atom stereocenters. The van der Waals surface area contributed by atoms with Crippen molar-refractivity contribution in [3.05, 3.63) is 34.9 Å². The minimum absolute atomic E-state index is 0.0585. The van der Waals surface area contributed by atoms with Gasteiger partial charge in [-0.2, -0.15) is 0 Å². The SMILES string of the molecule is CNC(=O)C(=O)[C@H](CC1CC1)NC(=O)C1C[C@]2(CC(c3cccc(Cl)c3)=NO2)CN1C(=O)C(NC(=O)CC1CC2CCC1C2)C(C)(C)C. The zero-order valence-electron chi connectivity index (χ0n) is 28.4. The smallest absolute Gasteiger partial charge is 0.289 e. The van der Waals surface area contributed by atoms with Gasteiger partial charge in [-0.3, -0.25) is 24.0 Å². The fraction of sp³-hybridized carbons (Fsp3) is 0.667. The second-order valence-corrected chi connectivity index (χ2v) is 16.3. The van der Waals surface area contributed by atoms with Crippen molar-refractivity contribution in [3.8, 4) is 0 Å². The molecule has 1 spiro atoms. The zero-order valence-corrected chi connectivity index (χ0v) is 29.1. The van der Waals surface area contributed by atoms with E-state index in [0.29, 0.717) is 47.8 Å². The number of hydrogen-bond donors (Lipinski definition) is 3. The number of benzene rings is 1. The molecule has 48 heavy (non-hydrogen) atoms. The number of likely N-dealkylation sites (tertiary alicyclic amines) is 1. The fourth-order valence-electron chi connectivity index (χ4n) is 8.32. The Kier molecular flexibility index (Phi) is 9.63. The van der Waals surface area contributed by atoms with Crippen molar-refractivity contribution in [1.82, 2.24) is 20.9 Å². The molecular weight excluding hydrogens is 634 g/mol. The second kappa shape index (κ2) is 13.4. The average Bonchev–Trinajstić information content (AvgIpc) is 3.38. The Bertz CT molecular complexity index is 1500. The van der Waals surface area contributed by atoms with E-state index >= 15 is 0 Å². The van der Waals surface area contributed by atoms with Crippen LogP contribution in [0.2, 0.25) is 5.02 Å². The van der Waals surface area contributed by atoms with E-state index in [2.05, 4.69) is 21.1 Å². The van der Waals surface area contributed by atoms with Crippen molar-refractivity contribution >= 4 is 46.7 Å². The summed E-state index contributed by atoms with van der Waals surface area (Å²) in [5.41, 5.74) is -0.229. The highest BCUT2D eigenvalue weighted by molar-refractivity contribution is 6.38. The Hall–Kier alpha value is -3.47. The molecule has 0 aromatic heterocycles. The lowest BCUT2D eigenvalue weighted by Gasteiger charge is -2.36. The maximum Gasteiger partial charge on any atom is 0.289 e. The van der Waals surface area contributed by atoms with E-state index in [1.165, 1.54) is 31.2 Å². The van der Waals surface area contributed by atoms with Gasteiger partial charge in [-0.15, -0.1) is 0 Å². The van der Waals surface area contributed by atoms with Gasteiger partial charge in [0.05, 0.1) is 18.3 Å². The van der Waals surface area contributed by atoms with Gasteiger partial charge in [0.15, 0.2) is 5.60 Å². The van der Waals surface area contributed by atoms with Gasteiger partial charge < -0.3 is 25.7 Å². The molecule has 5 aliphatic rings. The molecule has 1 saturated heterocycles. The van der Waals surface area contributed by atoms with Gasteiger partial charge >= 0.3 is 0 Å². The Morgan fingerprint density at radius 1 is 1.08 bits per heavy atom. The first-order chi connectivity index (χ1) is 22.7. The van der Waals surface area contributed by atoms with E-state index < -0.39 is 52.6 Å². The van der Waals surface area contributed by atoms with Crippen LogP contribution in [0, 0.1) is 29.1 Å². The number of carbonyl (C=O) groups is 5. The summed E-state index contributed by atoms with van der Waals surface area (Å²) in [4.78, 5) is 75.1. The maximum absolute atomic E-state index is 14.6. The Balaban J connectivity index is 1.24. The number of carbonyl (C=O) groups excluding carboxylic acids is 5. The van der Waals surface area contributed by atoms with Gasteiger partial charge in [0.25, 0.3) is 5.91 Å². The van der Waals surface area contributed by atoms with E-state index in [9.17, 15) is 24.0 Å². The lowest BCUT2D eigenvalue weighted by Crippen LogP contribution is -2.59. The molecule has 4 fully saturated rings. The molecule has 4 amide bonds. The topological polar surface area (TPSA) is 146 Å². The van der Waals surface area contributed by atoms with Crippen molar-refractivity contribution in [2.75, 3.05) is 13.6 Å². The summed E-state index contributed by atoms with van der Waals surface area (Å²) in [5, 5.41) is 13.2. The van der Waals surface area contributed by atoms with Gasteiger partial charge in [-0.1, -0.05) is 68.9 Å². The van der Waals surface area contributed by atoms with Crippen LogP contribution in [0.15, 0.2) is 29.4 Å². The third kappa shape index (κ3) is 7.40. The maximum atomic E-state index is 14.6. The molecule has 0 radical (unpaired) electrons. The highest BCUT2D eigenvalue weighted by Gasteiger charge is 2.56. The number of fused-ring (bicyclic) bond motifs is 2. The predicted molar refractivity (Wildman–Crippen MR) is 180 cm³/mol. The molecule has 12 heteroatoms. The highest BCUT2D eigenvalue weighted by atomic mass is 35.5. The van der Waals surface area contributed by atoms with Crippen LogP contribution in [-0.2, 0) is 28.8 Å². The molecule has 3 saturated carbocycles. The molecule has 2 bridgehead atoms. The van der Waals surface area contributed by atoms with E-state index in [0.717, 1.165) is 24.8 Å². The van der Waals surface area contributed by atoms with Crippen LogP contribution in [-0.4, -0.2) is 77.3 Å². The molecular formula is C36H48ClN5O6. The van der Waals surface area contributed by atoms with Crippen LogP contribution in [0.3, 0.4) is 0 Å². The summed E-state index contributed by atoms with van der Waals surface area (Å²) >= 11 is 6.25. The molecule has 1 aromatic carbocycles. The number of likely N-dealkylation sites (N-methyl/N-ethyl adjacent to an activating group) is 1. The van der Waals surface area contributed by atoms with Crippen LogP contribution >= 0.6 is 11.6 Å². The molecule has 1 aromatic rings. The molecule has 6 rings (SSSR count). The summed E-state index contributed by atoms with van der Waals surface area (Å²) in [5.74, 6) is -0.708. The lowest BCUT2D eigenvalue weighted by atomic mass is 9.84. The molecule has 3 N–H and O–H groups in total. The fourth-order valence-corrected chi connectivity index (χ4v) is 8.51. The highest BCUT2D eigenvalue weighted by Crippen LogP contribution is 2.49. The average molecular weight is 682 g/mol. The summed E-state index contributed by atoms with van der Waals surface area (Å²) in [6.45, 7) is 5.75. The zero-order chi connectivity index (χ0) is 34.4. The summed E-state index contributed by atoms with van der Waals surface area (Å²) in [6.07, 6.45) is 7.72. The van der Waals surface area contributed by atoms with Gasteiger partial charge in [0, 0.05) is 36.9 Å². The largest absolute Gasteiger partial charge is 0.387 e. The molecule has 3 aliphatic carbocycles. The number of Topliss-reactive ketones (excluding diaryl/α,β-unsaturated/α-hetero) is 1. The number of amides is 4. The lowest BCUT2D eigenvalue weighted by molar-refractivity contribution is -0.145. The van der Waals surface area contributed by atoms with E-state index in [1.54, 1.807) is 12.1 Å². The van der Waals surface area contributed by atoms with E-state index in [1.807, 2.05) is 32.9 Å². The van der Waals surface area contributed by atoms with Crippen LogP contribution < -0.4 is 16.0 Å². The number of ketones is 1. The standard InChI is InChI=1S/C36H48ClN5O6/c1-35(2,3)31(40-29(43)16-24-13-21-10-11-22(24)12-21)34(47)42-19-36(17-27(41-48-36)23-6-5-7-25(37)15-23)18-28(42)32(45)39-26(14-20-8-9-20)30(44)33(46)38-4/h5-7,15,20-22,24,26,28,31H,8-14,16-19H2,1-4H3,(H,38,46)(H,39,45)(H,40,43)/t21?,22?,24?,26-,28?,31?,36+/m0/s1. The van der Waals surface area contributed by atoms with Gasteiger partial charge in [0.1, 0.15) is 12.1 Å². The van der Waals surface area contributed by atoms with E-state index in [-0.39, 0.29) is 24.8 Å². The minimum Gasteiger partial charge on any atom is -0.387 e. The molecule has 2 heterocycles. The quantitative estimate of drug-likeness (QED) is 0.303. The van der Waals surface area contributed by atoms with Crippen molar-refractivity contribution in [3.63, 3.8) is 0 Å². The Morgan fingerprint density at radius 3 is 2.48 bits per heavy atom. The molecule has 2 aliphatic heterocycles. The number of halogens is 1. The van der Waals surface area contributed by atoms with Crippen molar-refractivity contribution in [2.45, 2.75) is 109 Å². The van der Waals surface area contributed by atoms with Gasteiger partial charge in [-0.25, -0.2) is 0 Å². The summed E-state index contributed by atoms with van der Waals surface area (Å²) in [6, 6.07) is 4.33. The van der Waals surface area contributed by atoms with Crippen LogP contribution in [0.25, 0.3) is 0 Å². The number of nitrogens with zero attached hydrogens (tertiary/aromatic N) is 2. The predicted octanol–water partition coefficient (Wildman–Crippen LogP) is 3.76. The van der Waals surface area contributed by atoms with Crippen molar-refractivity contribution < 1.29 is 28.8 Å². The summed E-state index contributed by atoms with van der Waals surface area (Å²) < 4.78 is 0. The molecule has 7 atom stereocenters.